The SMILES string of the molecule is CCOC(=O)c1ccc(N2C(=O)c3[nH]nc(-c4ccc(OCC)cc4)c3[C@@H]2c2ccc(CC)cc2)cc1. The first kappa shape index (κ1) is 24.3. The summed E-state index contributed by atoms with van der Waals surface area (Å²) in [6.07, 6.45) is 0.928. The highest BCUT2D eigenvalue weighted by atomic mass is 16.5. The molecule has 0 spiro atoms. The third kappa shape index (κ3) is 4.48. The molecule has 0 bridgehead atoms. The van der Waals surface area contributed by atoms with E-state index >= 15 is 0 Å². The Morgan fingerprint density at radius 3 is 2.24 bits per heavy atom. The van der Waals surface area contributed by atoms with Gasteiger partial charge in [-0.05, 0) is 79.9 Å². The zero-order valence-corrected chi connectivity index (χ0v) is 21.2. The van der Waals surface area contributed by atoms with Gasteiger partial charge in [-0.15, -0.1) is 0 Å². The Balaban J connectivity index is 1.60. The van der Waals surface area contributed by atoms with Crippen molar-refractivity contribution in [2.75, 3.05) is 18.1 Å². The van der Waals surface area contributed by atoms with Gasteiger partial charge in [-0.1, -0.05) is 31.2 Å². The first-order chi connectivity index (χ1) is 18.0. The van der Waals surface area contributed by atoms with E-state index in [0.29, 0.717) is 30.2 Å². The fourth-order valence-electron chi connectivity index (χ4n) is 4.73. The molecule has 37 heavy (non-hydrogen) atoms. The van der Waals surface area contributed by atoms with Gasteiger partial charge in [-0.2, -0.15) is 5.10 Å². The van der Waals surface area contributed by atoms with Crippen molar-refractivity contribution in [3.63, 3.8) is 0 Å². The largest absolute Gasteiger partial charge is 0.494 e. The van der Waals surface area contributed by atoms with Crippen LogP contribution >= 0.6 is 0 Å². The summed E-state index contributed by atoms with van der Waals surface area (Å²) in [5.74, 6) is 0.221. The minimum atomic E-state index is -0.388. The number of carbonyl (C=O) groups is 2. The topological polar surface area (TPSA) is 84.5 Å². The zero-order chi connectivity index (χ0) is 25.9. The summed E-state index contributed by atoms with van der Waals surface area (Å²) in [5.41, 5.74) is 6.23. The molecule has 5 rings (SSSR count). The lowest BCUT2D eigenvalue weighted by atomic mass is 9.95. The van der Waals surface area contributed by atoms with Crippen molar-refractivity contribution in [2.24, 2.45) is 0 Å². The number of benzene rings is 3. The maximum absolute atomic E-state index is 13.8. The van der Waals surface area contributed by atoms with Gasteiger partial charge in [0.05, 0.1) is 30.5 Å². The number of rotatable bonds is 8. The molecule has 0 saturated heterocycles. The van der Waals surface area contributed by atoms with Crippen LogP contribution < -0.4 is 9.64 Å². The molecule has 0 radical (unpaired) electrons. The smallest absolute Gasteiger partial charge is 0.338 e. The second-order valence-electron chi connectivity index (χ2n) is 8.76. The standard InChI is InChI=1S/C30H29N3O4/c1-4-19-7-9-21(10-8-19)28-25-26(20-13-17-24(18-14-20)36-5-2)31-32-27(25)29(34)33(28)23-15-11-22(12-16-23)30(35)37-6-3/h7-18,28H,4-6H2,1-3H3,(H,31,32)/t28-/m0/s1. The summed E-state index contributed by atoms with van der Waals surface area (Å²) >= 11 is 0. The average Bonchev–Trinajstić information content (AvgIpc) is 3.48. The van der Waals surface area contributed by atoms with Gasteiger partial charge in [0.1, 0.15) is 11.4 Å². The Morgan fingerprint density at radius 1 is 0.919 bits per heavy atom. The van der Waals surface area contributed by atoms with Crippen LogP contribution in [0.3, 0.4) is 0 Å². The Kier molecular flexibility index (Phi) is 6.77. The number of ether oxygens (including phenoxy) is 2. The first-order valence-electron chi connectivity index (χ1n) is 12.6. The molecule has 0 fully saturated rings. The van der Waals surface area contributed by atoms with Crippen LogP contribution in [0, 0.1) is 0 Å². The van der Waals surface area contributed by atoms with Crippen molar-refractivity contribution in [3.05, 3.63) is 101 Å². The third-order valence-electron chi connectivity index (χ3n) is 6.57. The quantitative estimate of drug-likeness (QED) is 0.305. The van der Waals surface area contributed by atoms with Gasteiger partial charge in [0.25, 0.3) is 5.91 Å². The normalized spacial score (nSPS) is 14.5. The van der Waals surface area contributed by atoms with Gasteiger partial charge < -0.3 is 9.47 Å². The predicted octanol–water partition coefficient (Wildman–Crippen LogP) is 5.96. The van der Waals surface area contributed by atoms with Crippen molar-refractivity contribution in [3.8, 4) is 17.0 Å². The molecule has 0 aliphatic carbocycles. The average molecular weight is 496 g/mol. The zero-order valence-electron chi connectivity index (χ0n) is 21.2. The molecule has 0 saturated carbocycles. The second kappa shape index (κ2) is 10.3. The lowest BCUT2D eigenvalue weighted by Gasteiger charge is -2.27. The lowest BCUT2D eigenvalue weighted by molar-refractivity contribution is 0.0526. The molecule has 7 heteroatoms. The number of amides is 1. The van der Waals surface area contributed by atoms with E-state index in [4.69, 9.17) is 9.47 Å². The summed E-state index contributed by atoms with van der Waals surface area (Å²) in [5, 5.41) is 7.55. The summed E-state index contributed by atoms with van der Waals surface area (Å²) in [6, 6.07) is 22.6. The monoisotopic (exact) mass is 495 g/mol. The van der Waals surface area contributed by atoms with Gasteiger partial charge in [0, 0.05) is 16.8 Å². The van der Waals surface area contributed by atoms with Crippen LogP contribution in [0.1, 0.15) is 64.3 Å². The van der Waals surface area contributed by atoms with Crippen LogP contribution in [-0.4, -0.2) is 35.3 Å². The van der Waals surface area contributed by atoms with E-state index in [0.717, 1.165) is 34.6 Å². The molecule has 1 aliphatic rings. The summed E-state index contributed by atoms with van der Waals surface area (Å²) in [4.78, 5) is 27.7. The summed E-state index contributed by atoms with van der Waals surface area (Å²) < 4.78 is 10.7. The number of nitrogens with zero attached hydrogens (tertiary/aromatic N) is 2. The molecule has 0 unspecified atom stereocenters. The van der Waals surface area contributed by atoms with Crippen LogP contribution in [0.2, 0.25) is 0 Å². The molecule has 188 valence electrons. The highest BCUT2D eigenvalue weighted by Crippen LogP contribution is 2.45. The van der Waals surface area contributed by atoms with E-state index in [1.165, 1.54) is 5.56 Å². The van der Waals surface area contributed by atoms with E-state index in [1.54, 1.807) is 36.1 Å². The fraction of sp³-hybridized carbons (Fsp3) is 0.233. The van der Waals surface area contributed by atoms with E-state index in [1.807, 2.05) is 31.2 Å². The van der Waals surface area contributed by atoms with E-state index in [-0.39, 0.29) is 17.9 Å². The molecule has 1 N–H and O–H groups in total. The van der Waals surface area contributed by atoms with Crippen molar-refractivity contribution in [1.82, 2.24) is 10.2 Å². The maximum atomic E-state index is 13.8. The minimum absolute atomic E-state index is 0.173. The molecule has 7 nitrogen and oxygen atoms in total. The van der Waals surface area contributed by atoms with Crippen molar-refractivity contribution in [2.45, 2.75) is 33.2 Å². The molecule has 2 heterocycles. The number of nitrogens with one attached hydrogen (secondary N) is 1. The number of hydrogen-bond donors (Lipinski definition) is 1. The first-order valence-corrected chi connectivity index (χ1v) is 12.6. The fourth-order valence-corrected chi connectivity index (χ4v) is 4.73. The van der Waals surface area contributed by atoms with Crippen LogP contribution in [0.15, 0.2) is 72.8 Å². The minimum Gasteiger partial charge on any atom is -0.494 e. The number of fused-ring (bicyclic) bond motifs is 1. The number of aromatic nitrogens is 2. The molecule has 1 atom stereocenters. The number of aryl methyl sites for hydroxylation is 1. The molecular formula is C30H29N3O4. The van der Waals surface area contributed by atoms with Crippen LogP contribution in [0.4, 0.5) is 5.69 Å². The van der Waals surface area contributed by atoms with Gasteiger partial charge in [-0.25, -0.2) is 4.79 Å². The third-order valence-corrected chi connectivity index (χ3v) is 6.57. The molecule has 1 amide bonds. The summed E-state index contributed by atoms with van der Waals surface area (Å²) in [7, 11) is 0. The molecular weight excluding hydrogens is 466 g/mol. The van der Waals surface area contributed by atoms with Crippen molar-refractivity contribution < 1.29 is 19.1 Å². The predicted molar refractivity (Wildman–Crippen MR) is 142 cm³/mol. The number of aromatic amines is 1. The lowest BCUT2D eigenvalue weighted by Crippen LogP contribution is -2.29. The van der Waals surface area contributed by atoms with Gasteiger partial charge in [-0.3, -0.25) is 14.8 Å². The van der Waals surface area contributed by atoms with Crippen LogP contribution in [0.5, 0.6) is 5.75 Å². The van der Waals surface area contributed by atoms with Gasteiger partial charge >= 0.3 is 5.97 Å². The highest BCUT2D eigenvalue weighted by Gasteiger charge is 2.43. The Bertz CT molecular complexity index is 1410. The molecule has 1 aliphatic heterocycles. The Morgan fingerprint density at radius 2 is 1.62 bits per heavy atom. The molecule has 3 aromatic carbocycles. The van der Waals surface area contributed by atoms with E-state index in [9.17, 15) is 9.59 Å². The molecule has 4 aromatic rings. The highest BCUT2D eigenvalue weighted by molar-refractivity contribution is 6.12. The number of esters is 1. The van der Waals surface area contributed by atoms with E-state index in [2.05, 4.69) is 41.4 Å². The van der Waals surface area contributed by atoms with E-state index < -0.39 is 0 Å². The van der Waals surface area contributed by atoms with Crippen molar-refractivity contribution >= 4 is 17.6 Å². The van der Waals surface area contributed by atoms with Gasteiger partial charge in [0.15, 0.2) is 0 Å². The number of H-pyrrole nitrogens is 1. The number of anilines is 1. The second-order valence-corrected chi connectivity index (χ2v) is 8.76. The maximum Gasteiger partial charge on any atom is 0.338 e. The number of carbonyl (C=O) groups excluding carboxylic acids is 2. The summed E-state index contributed by atoms with van der Waals surface area (Å²) in [6.45, 7) is 6.72. The molecule has 1 aromatic heterocycles. The van der Waals surface area contributed by atoms with Crippen LogP contribution in [-0.2, 0) is 11.2 Å². The Hall–Kier alpha value is -4.39. The van der Waals surface area contributed by atoms with Gasteiger partial charge in [0.2, 0.25) is 0 Å². The number of hydrogen-bond acceptors (Lipinski definition) is 5. The van der Waals surface area contributed by atoms with Crippen molar-refractivity contribution in [1.29, 1.82) is 0 Å². The van der Waals surface area contributed by atoms with Crippen LogP contribution in [0.25, 0.3) is 11.3 Å². The Labute approximate surface area is 216 Å².